The molecular weight excluding hydrogens is 324 g/mol. The molecule has 1 heterocycles. The van der Waals surface area contributed by atoms with Crippen LogP contribution in [0, 0.1) is 0 Å². The molecule has 2 N–H and O–H groups in total. The number of hydrogen-bond donors (Lipinski definition) is 2. The van der Waals surface area contributed by atoms with Crippen molar-refractivity contribution in [2.75, 3.05) is 39.3 Å². The number of hydrogen-bond acceptors (Lipinski definition) is 4. The largest absolute Gasteiger partial charge is 0.444 e. The summed E-state index contributed by atoms with van der Waals surface area (Å²) in [6, 6.07) is -0.285. The van der Waals surface area contributed by atoms with Gasteiger partial charge in [0.1, 0.15) is 5.60 Å². The van der Waals surface area contributed by atoms with Gasteiger partial charge in [-0.2, -0.15) is 0 Å². The van der Waals surface area contributed by atoms with E-state index in [0.717, 1.165) is 19.3 Å². The van der Waals surface area contributed by atoms with Gasteiger partial charge in [0.05, 0.1) is 6.54 Å². The Morgan fingerprint density at radius 3 is 2.12 bits per heavy atom. The van der Waals surface area contributed by atoms with E-state index in [4.69, 9.17) is 4.74 Å². The molecule has 4 amide bonds. The number of ether oxygens (including phenoxy) is 1. The first-order valence-corrected chi connectivity index (χ1v) is 9.00. The van der Waals surface area contributed by atoms with Crippen LogP contribution in [0.15, 0.2) is 0 Å². The molecule has 0 aromatic carbocycles. The van der Waals surface area contributed by atoms with Gasteiger partial charge in [-0.3, -0.25) is 4.79 Å². The van der Waals surface area contributed by atoms with Gasteiger partial charge < -0.3 is 25.2 Å². The highest BCUT2D eigenvalue weighted by Gasteiger charge is 2.27. The molecule has 0 bridgehead atoms. The number of rotatable bonds is 6. The summed E-state index contributed by atoms with van der Waals surface area (Å²) < 4.78 is 5.32. The predicted octanol–water partition coefficient (Wildman–Crippen LogP) is 1.56. The van der Waals surface area contributed by atoms with Crippen molar-refractivity contribution in [3.05, 3.63) is 0 Å². The predicted molar refractivity (Wildman–Crippen MR) is 95.3 cm³/mol. The maximum absolute atomic E-state index is 12.1. The third-order valence-electron chi connectivity index (χ3n) is 3.72. The second-order valence-electron chi connectivity index (χ2n) is 7.17. The molecular formula is C17H32N4O4. The van der Waals surface area contributed by atoms with Crippen LogP contribution < -0.4 is 10.6 Å². The number of unbranched alkanes of at least 4 members (excludes halogenated alkanes) is 2. The number of carbonyl (C=O) groups excluding carboxylic acids is 3. The quantitative estimate of drug-likeness (QED) is 0.707. The molecule has 0 aromatic heterocycles. The van der Waals surface area contributed by atoms with Crippen molar-refractivity contribution in [2.45, 2.75) is 52.6 Å². The lowest BCUT2D eigenvalue weighted by molar-refractivity contribution is -0.120. The molecule has 0 unspecified atom stereocenters. The number of urea groups is 1. The van der Waals surface area contributed by atoms with Gasteiger partial charge in [0, 0.05) is 32.7 Å². The Labute approximate surface area is 150 Å². The van der Waals surface area contributed by atoms with Gasteiger partial charge in [-0.05, 0) is 27.2 Å². The number of nitrogens with zero attached hydrogens (tertiary/aromatic N) is 2. The van der Waals surface area contributed by atoms with Gasteiger partial charge in [-0.1, -0.05) is 19.8 Å². The molecule has 1 saturated heterocycles. The molecule has 1 aliphatic heterocycles. The molecule has 1 rings (SSSR count). The molecule has 0 spiro atoms. The van der Waals surface area contributed by atoms with E-state index in [-0.39, 0.29) is 24.6 Å². The smallest absolute Gasteiger partial charge is 0.410 e. The second-order valence-corrected chi connectivity index (χ2v) is 7.17. The van der Waals surface area contributed by atoms with Crippen LogP contribution in [-0.4, -0.2) is 72.7 Å². The molecule has 0 atom stereocenters. The summed E-state index contributed by atoms with van der Waals surface area (Å²) in [7, 11) is 0. The SMILES string of the molecule is CCCCCNC(=O)CNC(=O)N1CCN(C(=O)OC(C)(C)C)CC1. The average molecular weight is 356 g/mol. The minimum Gasteiger partial charge on any atom is -0.444 e. The summed E-state index contributed by atoms with van der Waals surface area (Å²) in [5.74, 6) is -0.183. The van der Waals surface area contributed by atoms with E-state index in [1.165, 1.54) is 0 Å². The van der Waals surface area contributed by atoms with Crippen molar-refractivity contribution in [3.63, 3.8) is 0 Å². The highest BCUT2D eigenvalue weighted by atomic mass is 16.6. The third-order valence-corrected chi connectivity index (χ3v) is 3.72. The van der Waals surface area contributed by atoms with Gasteiger partial charge in [-0.25, -0.2) is 9.59 Å². The van der Waals surface area contributed by atoms with Crippen LogP contribution >= 0.6 is 0 Å². The first kappa shape index (κ1) is 21.1. The lowest BCUT2D eigenvalue weighted by atomic mass is 10.2. The van der Waals surface area contributed by atoms with Gasteiger partial charge in [-0.15, -0.1) is 0 Å². The molecule has 1 fully saturated rings. The summed E-state index contributed by atoms with van der Waals surface area (Å²) in [5, 5.41) is 5.39. The molecule has 144 valence electrons. The average Bonchev–Trinajstić information content (AvgIpc) is 2.55. The highest BCUT2D eigenvalue weighted by molar-refractivity contribution is 5.84. The van der Waals surface area contributed by atoms with E-state index in [1.54, 1.807) is 9.80 Å². The normalized spacial score (nSPS) is 14.9. The fourth-order valence-corrected chi connectivity index (χ4v) is 2.35. The van der Waals surface area contributed by atoms with Crippen molar-refractivity contribution in [3.8, 4) is 0 Å². The zero-order valence-electron chi connectivity index (χ0n) is 15.9. The second kappa shape index (κ2) is 10.1. The molecule has 0 radical (unpaired) electrons. The van der Waals surface area contributed by atoms with Crippen molar-refractivity contribution in [2.24, 2.45) is 0 Å². The molecule has 1 aliphatic rings. The minimum absolute atomic E-state index is 0.0305. The van der Waals surface area contributed by atoms with E-state index >= 15 is 0 Å². The Bertz CT molecular complexity index is 454. The van der Waals surface area contributed by atoms with Crippen molar-refractivity contribution in [1.29, 1.82) is 0 Å². The molecule has 8 heteroatoms. The molecule has 0 saturated carbocycles. The number of amides is 4. The monoisotopic (exact) mass is 356 g/mol. The van der Waals surface area contributed by atoms with Crippen LogP contribution in [0.5, 0.6) is 0 Å². The van der Waals surface area contributed by atoms with Gasteiger partial charge in [0.2, 0.25) is 5.91 Å². The van der Waals surface area contributed by atoms with Crippen molar-refractivity contribution < 1.29 is 19.1 Å². The Morgan fingerprint density at radius 1 is 0.960 bits per heavy atom. The Morgan fingerprint density at radius 2 is 1.56 bits per heavy atom. The maximum atomic E-state index is 12.1. The zero-order valence-corrected chi connectivity index (χ0v) is 15.9. The standard InChI is InChI=1S/C17H32N4O4/c1-5-6-7-8-18-14(22)13-19-15(23)20-9-11-21(12-10-20)16(24)25-17(2,3)4/h5-13H2,1-4H3,(H,18,22)(H,19,23). The Hall–Kier alpha value is -1.99. The van der Waals surface area contributed by atoms with E-state index in [0.29, 0.717) is 32.7 Å². The molecule has 25 heavy (non-hydrogen) atoms. The fraction of sp³-hybridized carbons (Fsp3) is 0.824. The summed E-state index contributed by atoms with van der Waals surface area (Å²) in [6.45, 7) is 9.86. The van der Waals surface area contributed by atoms with Crippen molar-refractivity contribution in [1.82, 2.24) is 20.4 Å². The Kier molecular flexibility index (Phi) is 8.51. The van der Waals surface area contributed by atoms with Crippen molar-refractivity contribution >= 4 is 18.0 Å². The zero-order chi connectivity index (χ0) is 18.9. The van der Waals surface area contributed by atoms with E-state index in [1.807, 2.05) is 20.8 Å². The number of nitrogens with one attached hydrogen (secondary N) is 2. The summed E-state index contributed by atoms with van der Waals surface area (Å²) in [6.07, 6.45) is 2.76. The van der Waals surface area contributed by atoms with Crippen LogP contribution in [0.3, 0.4) is 0 Å². The Balaban J connectivity index is 2.24. The topological polar surface area (TPSA) is 91.0 Å². The van der Waals surface area contributed by atoms with Gasteiger partial charge in [0.25, 0.3) is 0 Å². The number of piperazine rings is 1. The maximum Gasteiger partial charge on any atom is 0.410 e. The minimum atomic E-state index is -0.532. The molecule has 0 aliphatic carbocycles. The lowest BCUT2D eigenvalue weighted by Gasteiger charge is -2.35. The first-order chi connectivity index (χ1) is 11.7. The lowest BCUT2D eigenvalue weighted by Crippen LogP contribution is -2.54. The molecule has 8 nitrogen and oxygen atoms in total. The van der Waals surface area contributed by atoms with Crippen LogP contribution in [0.4, 0.5) is 9.59 Å². The summed E-state index contributed by atoms with van der Waals surface area (Å²) >= 11 is 0. The fourth-order valence-electron chi connectivity index (χ4n) is 2.35. The summed E-state index contributed by atoms with van der Waals surface area (Å²) in [4.78, 5) is 38.9. The van der Waals surface area contributed by atoms with E-state index < -0.39 is 5.60 Å². The highest BCUT2D eigenvalue weighted by Crippen LogP contribution is 2.11. The van der Waals surface area contributed by atoms with Crippen LogP contribution in [0.2, 0.25) is 0 Å². The number of carbonyl (C=O) groups is 3. The summed E-state index contributed by atoms with van der Waals surface area (Å²) in [5.41, 5.74) is -0.532. The van der Waals surface area contributed by atoms with Gasteiger partial charge >= 0.3 is 12.1 Å². The third kappa shape index (κ3) is 8.60. The van der Waals surface area contributed by atoms with Crippen LogP contribution in [-0.2, 0) is 9.53 Å². The van der Waals surface area contributed by atoms with E-state index in [2.05, 4.69) is 17.6 Å². The van der Waals surface area contributed by atoms with Crippen LogP contribution in [0.25, 0.3) is 0 Å². The molecule has 0 aromatic rings. The van der Waals surface area contributed by atoms with E-state index in [9.17, 15) is 14.4 Å². The van der Waals surface area contributed by atoms with Gasteiger partial charge in [0.15, 0.2) is 0 Å². The van der Waals surface area contributed by atoms with Crippen LogP contribution in [0.1, 0.15) is 47.0 Å². The first-order valence-electron chi connectivity index (χ1n) is 9.00.